The number of amides is 4. The van der Waals surface area contributed by atoms with E-state index in [0.717, 1.165) is 16.7 Å². The number of imide groups is 1. The third kappa shape index (κ3) is 5.75. The highest BCUT2D eigenvalue weighted by Crippen LogP contribution is 2.31. The van der Waals surface area contributed by atoms with Gasteiger partial charge in [0.25, 0.3) is 5.91 Å². The standard InChI is InChI=1S/C23H27N3O5/c1-23(2,3)16-11-15(9-10-18(16)27)12-17(19-20(28)26-21(29)25-19)24-22(30)31-13-14-7-5-4-6-8-14/h4-11,17,19,27H,12-13H2,1-3H3,(H,24,30)(H2,25,26,28,29). The fourth-order valence-electron chi connectivity index (χ4n) is 3.45. The Balaban J connectivity index is 1.76. The quantitative estimate of drug-likeness (QED) is 0.531. The molecule has 2 aromatic carbocycles. The lowest BCUT2D eigenvalue weighted by Crippen LogP contribution is -2.52. The maximum atomic E-state index is 12.4. The first-order valence-electron chi connectivity index (χ1n) is 10.0. The zero-order chi connectivity index (χ0) is 22.6. The van der Waals surface area contributed by atoms with Gasteiger partial charge in [-0.2, -0.15) is 0 Å². The summed E-state index contributed by atoms with van der Waals surface area (Å²) in [5.41, 5.74) is 2.08. The number of urea groups is 1. The minimum absolute atomic E-state index is 0.0794. The fourth-order valence-corrected chi connectivity index (χ4v) is 3.45. The molecule has 0 aliphatic carbocycles. The van der Waals surface area contributed by atoms with E-state index >= 15 is 0 Å². The zero-order valence-corrected chi connectivity index (χ0v) is 17.8. The van der Waals surface area contributed by atoms with Crippen LogP contribution in [-0.2, 0) is 28.0 Å². The van der Waals surface area contributed by atoms with Gasteiger partial charge in [0.1, 0.15) is 18.4 Å². The van der Waals surface area contributed by atoms with Crippen molar-refractivity contribution >= 4 is 18.0 Å². The van der Waals surface area contributed by atoms with Gasteiger partial charge in [0.2, 0.25) is 0 Å². The molecule has 0 aromatic heterocycles. The highest BCUT2D eigenvalue weighted by atomic mass is 16.5. The smallest absolute Gasteiger partial charge is 0.407 e. The van der Waals surface area contributed by atoms with Gasteiger partial charge in [-0.05, 0) is 34.6 Å². The van der Waals surface area contributed by atoms with Gasteiger partial charge in [0.05, 0.1) is 6.04 Å². The summed E-state index contributed by atoms with van der Waals surface area (Å²) in [4.78, 5) is 36.3. The predicted molar refractivity (Wildman–Crippen MR) is 115 cm³/mol. The van der Waals surface area contributed by atoms with E-state index < -0.39 is 30.1 Å². The minimum atomic E-state index is -0.941. The molecule has 1 fully saturated rings. The van der Waals surface area contributed by atoms with Gasteiger partial charge >= 0.3 is 12.1 Å². The van der Waals surface area contributed by atoms with E-state index in [0.29, 0.717) is 0 Å². The minimum Gasteiger partial charge on any atom is -0.508 e. The number of carbonyl (C=O) groups is 3. The maximum absolute atomic E-state index is 12.4. The van der Waals surface area contributed by atoms with Gasteiger partial charge in [-0.25, -0.2) is 9.59 Å². The molecule has 1 aliphatic heterocycles. The summed E-state index contributed by atoms with van der Waals surface area (Å²) in [5.74, 6) is -0.344. The number of hydrogen-bond acceptors (Lipinski definition) is 5. The molecule has 0 radical (unpaired) electrons. The number of hydrogen-bond donors (Lipinski definition) is 4. The number of nitrogens with one attached hydrogen (secondary N) is 3. The Morgan fingerprint density at radius 2 is 1.84 bits per heavy atom. The largest absolute Gasteiger partial charge is 0.508 e. The lowest BCUT2D eigenvalue weighted by atomic mass is 9.84. The van der Waals surface area contributed by atoms with E-state index in [1.807, 2.05) is 57.2 Å². The van der Waals surface area contributed by atoms with Crippen LogP contribution in [0.25, 0.3) is 0 Å². The molecule has 8 nitrogen and oxygen atoms in total. The summed E-state index contributed by atoms with van der Waals surface area (Å²) in [6.07, 6.45) is -0.444. The summed E-state index contributed by atoms with van der Waals surface area (Å²) in [6.45, 7) is 6.02. The topological polar surface area (TPSA) is 117 Å². The third-order valence-corrected chi connectivity index (χ3v) is 5.05. The van der Waals surface area contributed by atoms with Crippen molar-refractivity contribution in [3.63, 3.8) is 0 Å². The van der Waals surface area contributed by atoms with Crippen LogP contribution in [0.1, 0.15) is 37.5 Å². The van der Waals surface area contributed by atoms with Gasteiger partial charge in [0, 0.05) is 0 Å². The Kier molecular flexibility index (Phi) is 6.48. The first-order chi connectivity index (χ1) is 14.6. The first-order valence-corrected chi connectivity index (χ1v) is 10.0. The summed E-state index contributed by atoms with van der Waals surface area (Å²) in [7, 11) is 0. The van der Waals surface area contributed by atoms with E-state index in [1.165, 1.54) is 0 Å². The highest BCUT2D eigenvalue weighted by molar-refractivity contribution is 6.04. The average Bonchev–Trinajstić information content (AvgIpc) is 3.05. The van der Waals surface area contributed by atoms with Crippen molar-refractivity contribution in [1.29, 1.82) is 0 Å². The van der Waals surface area contributed by atoms with Crippen molar-refractivity contribution in [3.8, 4) is 5.75 Å². The van der Waals surface area contributed by atoms with E-state index in [2.05, 4.69) is 16.0 Å². The van der Waals surface area contributed by atoms with Crippen molar-refractivity contribution in [1.82, 2.24) is 16.0 Å². The normalized spacial score (nSPS) is 16.9. The number of carbonyl (C=O) groups excluding carboxylic acids is 3. The molecule has 2 aromatic rings. The van der Waals surface area contributed by atoms with Crippen LogP contribution in [0.5, 0.6) is 5.75 Å². The molecule has 0 bridgehead atoms. The summed E-state index contributed by atoms with van der Waals surface area (Å²) in [6, 6.07) is 12.1. The third-order valence-electron chi connectivity index (χ3n) is 5.05. The van der Waals surface area contributed by atoms with Gasteiger partial charge in [-0.15, -0.1) is 0 Å². The van der Waals surface area contributed by atoms with Crippen LogP contribution in [0.3, 0.4) is 0 Å². The van der Waals surface area contributed by atoms with Crippen LogP contribution < -0.4 is 16.0 Å². The SMILES string of the molecule is CC(C)(C)c1cc(CC(NC(=O)OCc2ccccc2)C2NC(=O)NC2=O)ccc1O. The molecular weight excluding hydrogens is 398 g/mol. The molecule has 2 unspecified atom stereocenters. The van der Waals surface area contributed by atoms with Gasteiger partial charge in [-0.1, -0.05) is 63.2 Å². The van der Waals surface area contributed by atoms with Crippen LogP contribution in [-0.4, -0.2) is 35.2 Å². The molecule has 2 atom stereocenters. The fraction of sp³-hybridized carbons (Fsp3) is 0.348. The molecular formula is C23H27N3O5. The van der Waals surface area contributed by atoms with Crippen LogP contribution >= 0.6 is 0 Å². The molecule has 3 rings (SSSR count). The number of benzene rings is 2. The van der Waals surface area contributed by atoms with Crippen LogP contribution in [0.4, 0.5) is 9.59 Å². The summed E-state index contributed by atoms with van der Waals surface area (Å²) < 4.78 is 5.28. The van der Waals surface area contributed by atoms with Crippen LogP contribution in [0.15, 0.2) is 48.5 Å². The van der Waals surface area contributed by atoms with Crippen LogP contribution in [0.2, 0.25) is 0 Å². The molecule has 164 valence electrons. The van der Waals surface area contributed by atoms with Crippen molar-refractivity contribution in [2.24, 2.45) is 0 Å². The number of ether oxygens (including phenoxy) is 1. The predicted octanol–water partition coefficient (Wildman–Crippen LogP) is 2.74. The van der Waals surface area contributed by atoms with E-state index in [9.17, 15) is 19.5 Å². The van der Waals surface area contributed by atoms with Gasteiger partial charge in [-0.3, -0.25) is 10.1 Å². The second-order valence-corrected chi connectivity index (χ2v) is 8.56. The molecule has 1 heterocycles. The molecule has 4 N–H and O–H groups in total. The monoisotopic (exact) mass is 425 g/mol. The second-order valence-electron chi connectivity index (χ2n) is 8.56. The van der Waals surface area contributed by atoms with Crippen molar-refractivity contribution in [3.05, 3.63) is 65.2 Å². The van der Waals surface area contributed by atoms with Crippen molar-refractivity contribution < 1.29 is 24.2 Å². The molecule has 4 amide bonds. The highest BCUT2D eigenvalue weighted by Gasteiger charge is 2.37. The van der Waals surface area contributed by atoms with E-state index in [-0.39, 0.29) is 24.2 Å². The summed E-state index contributed by atoms with van der Waals surface area (Å²) >= 11 is 0. The Morgan fingerprint density at radius 1 is 1.13 bits per heavy atom. The Bertz CT molecular complexity index is 969. The molecule has 8 heteroatoms. The molecule has 0 saturated carbocycles. The molecule has 1 saturated heterocycles. The van der Waals surface area contributed by atoms with Gasteiger partial charge in [0.15, 0.2) is 0 Å². The Morgan fingerprint density at radius 3 is 2.45 bits per heavy atom. The number of phenolic OH excluding ortho intramolecular Hbond substituents is 1. The van der Waals surface area contributed by atoms with Crippen molar-refractivity contribution in [2.75, 3.05) is 0 Å². The number of rotatable bonds is 6. The van der Waals surface area contributed by atoms with E-state index in [4.69, 9.17) is 4.74 Å². The lowest BCUT2D eigenvalue weighted by Gasteiger charge is -2.25. The first kappa shape index (κ1) is 22.1. The van der Waals surface area contributed by atoms with Gasteiger partial charge < -0.3 is 20.5 Å². The molecule has 31 heavy (non-hydrogen) atoms. The number of aromatic hydroxyl groups is 1. The summed E-state index contributed by atoms with van der Waals surface area (Å²) in [5, 5.41) is 17.6. The zero-order valence-electron chi connectivity index (χ0n) is 17.8. The lowest BCUT2D eigenvalue weighted by molar-refractivity contribution is -0.120. The van der Waals surface area contributed by atoms with Crippen molar-refractivity contribution in [2.45, 2.75) is 51.3 Å². The molecule has 0 spiro atoms. The Hall–Kier alpha value is -3.55. The second kappa shape index (κ2) is 9.07. The number of alkyl carbamates (subject to hydrolysis) is 1. The number of phenols is 1. The van der Waals surface area contributed by atoms with Crippen LogP contribution in [0, 0.1) is 0 Å². The maximum Gasteiger partial charge on any atom is 0.407 e. The molecule has 1 aliphatic rings. The average molecular weight is 425 g/mol. The Labute approximate surface area is 181 Å². The van der Waals surface area contributed by atoms with E-state index in [1.54, 1.807) is 12.1 Å².